The van der Waals surface area contributed by atoms with Crippen LogP contribution in [0.1, 0.15) is 18.8 Å². The van der Waals surface area contributed by atoms with E-state index in [4.69, 9.17) is 22.1 Å². The van der Waals surface area contributed by atoms with Gasteiger partial charge < -0.3 is 10.5 Å². The van der Waals surface area contributed by atoms with Crippen LogP contribution in [0.5, 0.6) is 5.75 Å². The van der Waals surface area contributed by atoms with Gasteiger partial charge in [0, 0.05) is 6.07 Å². The molecule has 1 atom stereocenters. The Labute approximate surface area is 138 Å². The number of rotatable bonds is 3. The van der Waals surface area contributed by atoms with Gasteiger partial charge in [-0.15, -0.1) is 0 Å². The predicted molar refractivity (Wildman–Crippen MR) is 91.5 cm³/mol. The first-order valence-electron chi connectivity index (χ1n) is 7.14. The molecule has 0 aliphatic carbocycles. The number of hydrogen-bond donors (Lipinski definition) is 1. The minimum atomic E-state index is -0.419. The third-order valence-electron chi connectivity index (χ3n) is 3.59. The summed E-state index contributed by atoms with van der Waals surface area (Å²) >= 11 is 6.20. The summed E-state index contributed by atoms with van der Waals surface area (Å²) in [6, 6.07) is 12.0. The molecule has 2 aromatic carbocycles. The third-order valence-corrected chi connectivity index (χ3v) is 3.91. The van der Waals surface area contributed by atoms with Crippen LogP contribution in [0, 0.1) is 0 Å². The van der Waals surface area contributed by atoms with E-state index in [2.05, 4.69) is 4.98 Å². The van der Waals surface area contributed by atoms with Gasteiger partial charge in [-0.25, -0.2) is 4.98 Å². The summed E-state index contributed by atoms with van der Waals surface area (Å²) in [6.45, 7) is 1.79. The van der Waals surface area contributed by atoms with Gasteiger partial charge in [0.05, 0.1) is 34.8 Å². The number of benzene rings is 2. The normalized spacial score (nSPS) is 12.3. The van der Waals surface area contributed by atoms with Gasteiger partial charge in [-0.3, -0.25) is 9.36 Å². The van der Waals surface area contributed by atoms with Crippen LogP contribution in [-0.2, 0) is 0 Å². The zero-order chi connectivity index (χ0) is 16.6. The molecule has 0 aliphatic rings. The molecule has 0 radical (unpaired) electrons. The average molecular weight is 330 g/mol. The van der Waals surface area contributed by atoms with Gasteiger partial charge in [-0.1, -0.05) is 23.7 Å². The van der Waals surface area contributed by atoms with Crippen molar-refractivity contribution in [3.05, 3.63) is 63.7 Å². The fourth-order valence-corrected chi connectivity index (χ4v) is 2.76. The van der Waals surface area contributed by atoms with E-state index in [1.807, 2.05) is 12.1 Å². The van der Waals surface area contributed by atoms with Gasteiger partial charge >= 0.3 is 0 Å². The van der Waals surface area contributed by atoms with Crippen LogP contribution in [-0.4, -0.2) is 16.7 Å². The summed E-state index contributed by atoms with van der Waals surface area (Å²) in [7, 11) is 1.57. The molecule has 0 saturated heterocycles. The monoisotopic (exact) mass is 329 g/mol. The molecular weight excluding hydrogens is 314 g/mol. The Morgan fingerprint density at radius 2 is 2.00 bits per heavy atom. The van der Waals surface area contributed by atoms with E-state index in [0.29, 0.717) is 33.2 Å². The topological polar surface area (TPSA) is 70.1 Å². The highest BCUT2D eigenvalue weighted by molar-refractivity contribution is 6.35. The van der Waals surface area contributed by atoms with Crippen molar-refractivity contribution in [2.45, 2.75) is 13.0 Å². The van der Waals surface area contributed by atoms with Crippen molar-refractivity contribution in [3.8, 4) is 11.4 Å². The minimum absolute atomic E-state index is 0.249. The Hall–Kier alpha value is -2.37. The summed E-state index contributed by atoms with van der Waals surface area (Å²) in [5.74, 6) is 1.11. The maximum absolute atomic E-state index is 13.0. The Kier molecular flexibility index (Phi) is 4.07. The largest absolute Gasteiger partial charge is 0.497 e. The number of nitrogens with zero attached hydrogens (tertiary/aromatic N) is 2. The number of methoxy groups -OCH3 is 1. The first kappa shape index (κ1) is 15.5. The molecule has 0 saturated carbocycles. The third kappa shape index (κ3) is 2.69. The van der Waals surface area contributed by atoms with E-state index in [1.54, 1.807) is 44.4 Å². The number of ether oxygens (including phenoxy) is 1. The Morgan fingerprint density at radius 1 is 1.26 bits per heavy atom. The van der Waals surface area contributed by atoms with Crippen LogP contribution in [0.4, 0.5) is 0 Å². The lowest BCUT2D eigenvalue weighted by Crippen LogP contribution is -2.27. The summed E-state index contributed by atoms with van der Waals surface area (Å²) in [5.41, 5.74) is 6.96. The fourth-order valence-electron chi connectivity index (χ4n) is 2.51. The van der Waals surface area contributed by atoms with E-state index in [-0.39, 0.29) is 5.56 Å². The average Bonchev–Trinajstić information content (AvgIpc) is 2.54. The summed E-state index contributed by atoms with van der Waals surface area (Å²) < 4.78 is 6.72. The van der Waals surface area contributed by atoms with Crippen LogP contribution < -0.4 is 16.0 Å². The summed E-state index contributed by atoms with van der Waals surface area (Å²) in [5, 5.41) is 0.745. The smallest absolute Gasteiger partial charge is 0.267 e. The second kappa shape index (κ2) is 6.02. The van der Waals surface area contributed by atoms with E-state index < -0.39 is 6.04 Å². The van der Waals surface area contributed by atoms with Gasteiger partial charge in [-0.2, -0.15) is 0 Å². The van der Waals surface area contributed by atoms with Gasteiger partial charge in [0.2, 0.25) is 0 Å². The molecule has 118 valence electrons. The lowest BCUT2D eigenvalue weighted by molar-refractivity contribution is 0.414. The van der Waals surface area contributed by atoms with Crippen molar-refractivity contribution in [3.63, 3.8) is 0 Å². The molecule has 0 unspecified atom stereocenters. The molecule has 23 heavy (non-hydrogen) atoms. The maximum atomic E-state index is 13.0. The Balaban J connectivity index is 2.42. The lowest BCUT2D eigenvalue weighted by Gasteiger charge is -2.16. The Bertz CT molecular complexity index is 935. The first-order chi connectivity index (χ1) is 11.0. The molecule has 3 rings (SSSR count). The van der Waals surface area contributed by atoms with Crippen molar-refractivity contribution in [1.82, 2.24) is 9.55 Å². The number of hydrogen-bond acceptors (Lipinski definition) is 4. The molecule has 0 amide bonds. The highest BCUT2D eigenvalue weighted by Gasteiger charge is 2.17. The van der Waals surface area contributed by atoms with Crippen molar-refractivity contribution in [2.24, 2.45) is 5.73 Å². The molecule has 0 spiro atoms. The highest BCUT2D eigenvalue weighted by atomic mass is 35.5. The van der Waals surface area contributed by atoms with Gasteiger partial charge in [0.15, 0.2) is 0 Å². The number of aromatic nitrogens is 2. The summed E-state index contributed by atoms with van der Waals surface area (Å²) in [4.78, 5) is 17.6. The number of halogens is 1. The van der Waals surface area contributed by atoms with Crippen molar-refractivity contribution >= 4 is 22.5 Å². The van der Waals surface area contributed by atoms with Crippen LogP contribution in [0.15, 0.2) is 47.3 Å². The SMILES string of the molecule is COc1cccc(-n2c([C@H](C)N)nc3cccc(Cl)c3c2=O)c1. The van der Waals surface area contributed by atoms with Crippen LogP contribution in [0.2, 0.25) is 5.02 Å². The van der Waals surface area contributed by atoms with Crippen LogP contribution in [0.25, 0.3) is 16.6 Å². The van der Waals surface area contributed by atoms with Crippen molar-refractivity contribution < 1.29 is 4.74 Å². The molecule has 5 nitrogen and oxygen atoms in total. The zero-order valence-electron chi connectivity index (χ0n) is 12.8. The van der Waals surface area contributed by atoms with E-state index in [9.17, 15) is 4.79 Å². The molecule has 1 aromatic heterocycles. The quantitative estimate of drug-likeness (QED) is 0.801. The molecule has 0 fully saturated rings. The molecule has 1 heterocycles. The zero-order valence-corrected chi connectivity index (χ0v) is 13.5. The first-order valence-corrected chi connectivity index (χ1v) is 7.52. The van der Waals surface area contributed by atoms with Gasteiger partial charge in [0.1, 0.15) is 11.6 Å². The standard InChI is InChI=1S/C17H16ClN3O2/c1-10(19)16-20-14-8-4-7-13(18)15(14)17(22)21(16)11-5-3-6-12(9-11)23-2/h3-10H,19H2,1-2H3/t10-/m0/s1. The second-order valence-electron chi connectivity index (χ2n) is 5.23. The fraction of sp³-hybridized carbons (Fsp3) is 0.176. The lowest BCUT2D eigenvalue weighted by atomic mass is 10.2. The molecule has 6 heteroatoms. The molecule has 3 aromatic rings. The molecule has 0 aliphatic heterocycles. The van der Waals surface area contributed by atoms with Crippen molar-refractivity contribution in [2.75, 3.05) is 7.11 Å². The van der Waals surface area contributed by atoms with E-state index in [1.165, 1.54) is 4.57 Å². The molecule has 0 bridgehead atoms. The second-order valence-corrected chi connectivity index (χ2v) is 5.64. The highest BCUT2D eigenvalue weighted by Crippen LogP contribution is 2.23. The van der Waals surface area contributed by atoms with Gasteiger partial charge in [-0.05, 0) is 31.2 Å². The van der Waals surface area contributed by atoms with E-state index in [0.717, 1.165) is 0 Å². The van der Waals surface area contributed by atoms with Crippen LogP contribution in [0.3, 0.4) is 0 Å². The van der Waals surface area contributed by atoms with Gasteiger partial charge in [0.25, 0.3) is 5.56 Å². The Morgan fingerprint density at radius 3 is 2.70 bits per heavy atom. The minimum Gasteiger partial charge on any atom is -0.497 e. The molecular formula is C17H16ClN3O2. The number of nitrogens with two attached hydrogens (primary N) is 1. The summed E-state index contributed by atoms with van der Waals surface area (Å²) in [6.07, 6.45) is 0. The molecule has 2 N–H and O–H groups in total. The van der Waals surface area contributed by atoms with Crippen molar-refractivity contribution in [1.29, 1.82) is 0 Å². The maximum Gasteiger partial charge on any atom is 0.267 e. The number of fused-ring (bicyclic) bond motifs is 1. The van der Waals surface area contributed by atoms with E-state index >= 15 is 0 Å². The predicted octanol–water partition coefficient (Wildman–Crippen LogP) is 3.07. The van der Waals surface area contributed by atoms with Crippen LogP contribution >= 0.6 is 11.6 Å².